The molecule has 5 aromatic rings. The molecule has 34 heavy (non-hydrogen) atoms. The van der Waals surface area contributed by atoms with Gasteiger partial charge in [0.1, 0.15) is 17.3 Å². The van der Waals surface area contributed by atoms with Gasteiger partial charge in [-0.15, -0.1) is 0 Å². The van der Waals surface area contributed by atoms with E-state index >= 15 is 0 Å². The fraction of sp³-hybridized carbons (Fsp3) is 0.111. The third-order valence-corrected chi connectivity index (χ3v) is 6.40. The summed E-state index contributed by atoms with van der Waals surface area (Å²) in [7, 11) is 3.15. The molecule has 0 radical (unpaired) electrons. The molecule has 0 unspecified atom stereocenters. The van der Waals surface area contributed by atoms with Crippen LogP contribution in [0.4, 0.5) is 4.39 Å². The van der Waals surface area contributed by atoms with Gasteiger partial charge in [-0.2, -0.15) is 0 Å². The first-order valence-electron chi connectivity index (χ1n) is 10.7. The van der Waals surface area contributed by atoms with Crippen molar-refractivity contribution in [3.63, 3.8) is 0 Å². The van der Waals surface area contributed by atoms with Crippen LogP contribution in [0.2, 0.25) is 0 Å². The fourth-order valence-electron chi connectivity index (χ4n) is 4.66. The van der Waals surface area contributed by atoms with Gasteiger partial charge < -0.3 is 19.3 Å². The number of benzene rings is 3. The number of fused-ring (bicyclic) bond motifs is 2. The van der Waals surface area contributed by atoms with Crippen LogP contribution in [0.15, 0.2) is 82.4 Å². The van der Waals surface area contributed by atoms with Gasteiger partial charge in [-0.05, 0) is 42.0 Å². The zero-order valence-corrected chi connectivity index (χ0v) is 18.5. The predicted molar refractivity (Wildman–Crippen MR) is 129 cm³/mol. The molecule has 3 aromatic carbocycles. The number of aromatic hydroxyl groups is 2. The van der Waals surface area contributed by atoms with Gasteiger partial charge >= 0.3 is 0 Å². The number of hydrogen-bond acceptors (Lipinski definition) is 4. The third kappa shape index (κ3) is 3.08. The van der Waals surface area contributed by atoms with Crippen LogP contribution in [0, 0.1) is 5.82 Å². The molecule has 0 saturated heterocycles. The van der Waals surface area contributed by atoms with E-state index < -0.39 is 22.9 Å². The lowest BCUT2D eigenvalue weighted by molar-refractivity contribution is 0.460. The second-order valence-electron chi connectivity index (χ2n) is 8.27. The van der Waals surface area contributed by atoms with Gasteiger partial charge in [0, 0.05) is 24.9 Å². The molecule has 0 aliphatic rings. The summed E-state index contributed by atoms with van der Waals surface area (Å²) in [6.45, 7) is 0. The van der Waals surface area contributed by atoms with E-state index in [1.54, 1.807) is 62.6 Å². The molecule has 2 aromatic heterocycles. The Morgan fingerprint density at radius 2 is 1.09 bits per heavy atom. The SMILES string of the molecule is Cn1c(=O)c(C(c2ccc(F)cc2)c2c(O)c3ccccc3n(C)c2=O)c(O)c2ccccc21. The lowest BCUT2D eigenvalue weighted by atomic mass is 9.84. The van der Waals surface area contributed by atoms with Gasteiger partial charge in [0.2, 0.25) is 0 Å². The highest BCUT2D eigenvalue weighted by Gasteiger charge is 2.32. The van der Waals surface area contributed by atoms with Crippen molar-refractivity contribution >= 4 is 21.8 Å². The van der Waals surface area contributed by atoms with Crippen LogP contribution in [0.5, 0.6) is 11.5 Å². The molecule has 0 saturated carbocycles. The zero-order valence-electron chi connectivity index (χ0n) is 18.5. The molecule has 170 valence electrons. The maximum atomic E-state index is 13.8. The minimum atomic E-state index is -1.15. The Bertz CT molecular complexity index is 1600. The van der Waals surface area contributed by atoms with E-state index in [0.717, 1.165) is 0 Å². The molecule has 0 atom stereocenters. The highest BCUT2D eigenvalue weighted by atomic mass is 19.1. The maximum Gasteiger partial charge on any atom is 0.258 e. The first-order valence-corrected chi connectivity index (χ1v) is 10.7. The van der Waals surface area contributed by atoms with Crippen molar-refractivity contribution in [2.45, 2.75) is 5.92 Å². The zero-order chi connectivity index (χ0) is 24.1. The van der Waals surface area contributed by atoms with Crippen LogP contribution >= 0.6 is 0 Å². The summed E-state index contributed by atoms with van der Waals surface area (Å²) < 4.78 is 16.6. The first kappa shape index (κ1) is 21.5. The minimum Gasteiger partial charge on any atom is -0.507 e. The van der Waals surface area contributed by atoms with E-state index in [2.05, 4.69) is 0 Å². The molecule has 7 heteroatoms. The topological polar surface area (TPSA) is 84.5 Å². The average molecular weight is 456 g/mol. The molecule has 0 fully saturated rings. The monoisotopic (exact) mass is 456 g/mol. The highest BCUT2D eigenvalue weighted by molar-refractivity contribution is 5.89. The summed E-state index contributed by atoms with van der Waals surface area (Å²) in [5.41, 5.74) is 0.211. The Balaban J connectivity index is 1.97. The van der Waals surface area contributed by atoms with E-state index in [1.165, 1.54) is 33.4 Å². The number of rotatable bonds is 3. The second kappa shape index (κ2) is 7.88. The fourth-order valence-corrected chi connectivity index (χ4v) is 4.66. The molecule has 2 heterocycles. The molecule has 0 bridgehead atoms. The van der Waals surface area contributed by atoms with E-state index in [9.17, 15) is 24.2 Å². The smallest absolute Gasteiger partial charge is 0.258 e. The van der Waals surface area contributed by atoms with E-state index in [-0.39, 0.29) is 22.6 Å². The Morgan fingerprint density at radius 3 is 1.53 bits per heavy atom. The summed E-state index contributed by atoms with van der Waals surface area (Å²) in [4.78, 5) is 27.1. The molecule has 0 spiro atoms. The van der Waals surface area contributed by atoms with Crippen LogP contribution in [-0.2, 0) is 14.1 Å². The van der Waals surface area contributed by atoms with Gasteiger partial charge in [-0.3, -0.25) is 9.59 Å². The van der Waals surface area contributed by atoms with Crippen LogP contribution < -0.4 is 11.1 Å². The van der Waals surface area contributed by atoms with Crippen molar-refractivity contribution < 1.29 is 14.6 Å². The van der Waals surface area contributed by atoms with Crippen LogP contribution in [0.25, 0.3) is 21.8 Å². The van der Waals surface area contributed by atoms with Gasteiger partial charge in [0.25, 0.3) is 11.1 Å². The number of pyridine rings is 2. The number of nitrogens with zero attached hydrogens (tertiary/aromatic N) is 2. The predicted octanol–water partition coefficient (Wildman–Crippen LogP) is 4.12. The Morgan fingerprint density at radius 1 is 0.676 bits per heavy atom. The Hall–Kier alpha value is -4.39. The summed E-state index contributed by atoms with van der Waals surface area (Å²) in [6.07, 6.45) is 0. The van der Waals surface area contributed by atoms with Crippen molar-refractivity contribution in [3.05, 3.63) is 116 Å². The first-order chi connectivity index (χ1) is 16.3. The highest BCUT2D eigenvalue weighted by Crippen LogP contribution is 2.41. The van der Waals surface area contributed by atoms with Crippen molar-refractivity contribution in [1.29, 1.82) is 0 Å². The molecule has 0 aliphatic heterocycles. The van der Waals surface area contributed by atoms with Crippen molar-refractivity contribution in [2.75, 3.05) is 0 Å². The number of halogens is 1. The number of aromatic nitrogens is 2. The maximum absolute atomic E-state index is 13.8. The minimum absolute atomic E-state index is 0.0736. The molecule has 0 aliphatic carbocycles. The molecule has 5 rings (SSSR count). The number of hydrogen-bond donors (Lipinski definition) is 2. The lowest BCUT2D eigenvalue weighted by Gasteiger charge is -2.23. The van der Waals surface area contributed by atoms with Crippen molar-refractivity contribution in [3.8, 4) is 11.5 Å². The normalized spacial score (nSPS) is 11.5. The third-order valence-electron chi connectivity index (χ3n) is 6.40. The molecule has 6 nitrogen and oxygen atoms in total. The van der Waals surface area contributed by atoms with E-state index in [1.807, 2.05) is 0 Å². The van der Waals surface area contributed by atoms with Gasteiger partial charge in [0.05, 0.1) is 28.1 Å². The van der Waals surface area contributed by atoms with Crippen molar-refractivity contribution in [1.82, 2.24) is 9.13 Å². The van der Waals surface area contributed by atoms with Crippen LogP contribution in [-0.4, -0.2) is 19.3 Å². The summed E-state index contributed by atoms with van der Waals surface area (Å²) in [6, 6.07) is 19.1. The van der Waals surface area contributed by atoms with Crippen molar-refractivity contribution in [2.24, 2.45) is 14.1 Å². The molecular formula is C27H21FN2O4. The summed E-state index contributed by atoms with van der Waals surface area (Å²) >= 11 is 0. The molecular weight excluding hydrogens is 435 g/mol. The summed E-state index contributed by atoms with van der Waals surface area (Å²) in [5, 5.41) is 23.4. The lowest BCUT2D eigenvalue weighted by Crippen LogP contribution is -2.30. The second-order valence-corrected chi connectivity index (χ2v) is 8.27. The quantitative estimate of drug-likeness (QED) is 0.428. The van der Waals surface area contributed by atoms with Gasteiger partial charge in [-0.1, -0.05) is 36.4 Å². The number of aryl methyl sites for hydroxylation is 2. The summed E-state index contributed by atoms with van der Waals surface area (Å²) in [5.74, 6) is -2.22. The van der Waals surface area contributed by atoms with Crippen LogP contribution in [0.1, 0.15) is 22.6 Å². The van der Waals surface area contributed by atoms with Gasteiger partial charge in [0.15, 0.2) is 0 Å². The molecule has 0 amide bonds. The molecule has 2 N–H and O–H groups in total. The number of para-hydroxylation sites is 2. The van der Waals surface area contributed by atoms with Crippen LogP contribution in [0.3, 0.4) is 0 Å². The standard InChI is InChI=1S/C27H21FN2O4/c1-29-19-9-5-3-7-17(19)24(31)22(26(29)33)21(15-11-13-16(28)14-12-15)23-25(32)18-8-4-6-10-20(18)30(2)27(23)34/h3-14,21,31-32H,1-2H3. The van der Waals surface area contributed by atoms with E-state index in [0.29, 0.717) is 27.4 Å². The Labute approximate surface area is 193 Å². The Kier molecular flexibility index (Phi) is 4.97. The largest absolute Gasteiger partial charge is 0.507 e. The van der Waals surface area contributed by atoms with E-state index in [4.69, 9.17) is 0 Å². The average Bonchev–Trinajstić information content (AvgIpc) is 2.86. The van der Waals surface area contributed by atoms with Gasteiger partial charge in [-0.25, -0.2) is 4.39 Å².